The van der Waals surface area contributed by atoms with Crippen LogP contribution in [0.5, 0.6) is 5.75 Å². The van der Waals surface area contributed by atoms with E-state index < -0.39 is 0 Å². The van der Waals surface area contributed by atoms with Crippen molar-refractivity contribution in [2.45, 2.75) is 12.8 Å². The average Bonchev–Trinajstić information content (AvgIpc) is 2.94. The van der Waals surface area contributed by atoms with Gasteiger partial charge in [0, 0.05) is 19.7 Å². The molecule has 4 nitrogen and oxygen atoms in total. The van der Waals surface area contributed by atoms with Gasteiger partial charge in [0.05, 0.1) is 16.8 Å². The first-order valence-corrected chi connectivity index (χ1v) is 7.91. The van der Waals surface area contributed by atoms with E-state index in [1.165, 1.54) is 0 Å². The van der Waals surface area contributed by atoms with Crippen molar-refractivity contribution in [1.29, 1.82) is 0 Å². The Morgan fingerprint density at radius 1 is 1.55 bits per heavy atom. The summed E-state index contributed by atoms with van der Waals surface area (Å²) >= 11 is 7.84. The Labute approximate surface area is 126 Å². The number of aliphatic hydroxyl groups is 1. The van der Waals surface area contributed by atoms with E-state index >= 15 is 0 Å². The minimum Gasteiger partial charge on any atom is -0.494 e. The zero-order chi connectivity index (χ0) is 14.1. The number of aliphatic hydroxyl groups excluding tert-OH is 1. The van der Waals surface area contributed by atoms with Crippen molar-refractivity contribution in [3.05, 3.63) is 17.2 Å². The first kappa shape index (κ1) is 13.9. The third kappa shape index (κ3) is 2.45. The van der Waals surface area contributed by atoms with Crippen LogP contribution < -0.4 is 9.64 Å². The van der Waals surface area contributed by atoms with Crippen molar-refractivity contribution in [2.24, 2.45) is 5.92 Å². The number of halogens is 1. The third-order valence-corrected chi connectivity index (χ3v) is 5.29. The molecule has 0 bridgehead atoms. The normalized spacial score (nSPS) is 19.6. The van der Waals surface area contributed by atoms with Gasteiger partial charge in [0.15, 0.2) is 5.13 Å². The maximum Gasteiger partial charge on any atom is 0.186 e. The molecule has 1 aliphatic rings. The summed E-state index contributed by atoms with van der Waals surface area (Å²) in [5.74, 6) is 1.09. The van der Waals surface area contributed by atoms with Gasteiger partial charge >= 0.3 is 0 Å². The molecule has 1 saturated heterocycles. The maximum absolute atomic E-state index is 9.34. The van der Waals surface area contributed by atoms with E-state index in [0.29, 0.717) is 10.9 Å². The van der Waals surface area contributed by atoms with E-state index in [1.54, 1.807) is 18.4 Å². The van der Waals surface area contributed by atoms with Gasteiger partial charge in [-0.25, -0.2) is 4.98 Å². The van der Waals surface area contributed by atoms with E-state index in [1.807, 2.05) is 12.1 Å². The molecule has 0 aliphatic carbocycles. The summed E-state index contributed by atoms with van der Waals surface area (Å²) in [5.41, 5.74) is 0.825. The van der Waals surface area contributed by atoms with Gasteiger partial charge in [-0.05, 0) is 30.9 Å². The molecule has 6 heteroatoms. The van der Waals surface area contributed by atoms with Crippen molar-refractivity contribution in [2.75, 3.05) is 31.7 Å². The molecule has 1 atom stereocenters. The van der Waals surface area contributed by atoms with E-state index in [0.717, 1.165) is 47.0 Å². The van der Waals surface area contributed by atoms with Crippen LogP contribution >= 0.6 is 22.9 Å². The molecule has 1 aromatic carbocycles. The minimum atomic E-state index is 0.242. The third-order valence-electron chi connectivity index (χ3n) is 3.71. The zero-order valence-electron chi connectivity index (χ0n) is 11.3. The molecule has 20 heavy (non-hydrogen) atoms. The Morgan fingerprint density at radius 2 is 2.40 bits per heavy atom. The Morgan fingerprint density at radius 3 is 3.15 bits per heavy atom. The Kier molecular flexibility index (Phi) is 4.01. The number of hydrogen-bond acceptors (Lipinski definition) is 5. The molecule has 1 N–H and O–H groups in total. The summed E-state index contributed by atoms with van der Waals surface area (Å²) in [6.07, 6.45) is 2.17. The average molecular weight is 313 g/mol. The van der Waals surface area contributed by atoms with Crippen LogP contribution in [0.4, 0.5) is 5.13 Å². The topological polar surface area (TPSA) is 45.6 Å². The van der Waals surface area contributed by atoms with Crippen molar-refractivity contribution in [3.63, 3.8) is 0 Å². The number of rotatable bonds is 3. The van der Waals surface area contributed by atoms with Gasteiger partial charge in [-0.3, -0.25) is 0 Å². The molecule has 0 amide bonds. The number of piperidine rings is 1. The standard InChI is InChI=1S/C14H17ClN2O2S/c1-19-11-5-4-10(15)13-12(11)16-14(20-13)17-6-2-3-9(7-17)8-18/h4-5,9,18H,2-3,6-8H2,1H3. The monoisotopic (exact) mass is 312 g/mol. The summed E-state index contributed by atoms with van der Waals surface area (Å²) in [5, 5.41) is 11.0. The molecule has 1 fully saturated rings. The number of ether oxygens (including phenoxy) is 1. The fraction of sp³-hybridized carbons (Fsp3) is 0.500. The second-order valence-corrected chi connectivity index (χ2v) is 6.45. The van der Waals surface area contributed by atoms with Crippen LogP contribution in [0.2, 0.25) is 5.02 Å². The quantitative estimate of drug-likeness (QED) is 0.945. The first-order chi connectivity index (χ1) is 9.72. The second-order valence-electron chi connectivity index (χ2n) is 5.06. The highest BCUT2D eigenvalue weighted by Crippen LogP contribution is 2.39. The first-order valence-electron chi connectivity index (χ1n) is 6.71. The van der Waals surface area contributed by atoms with Crippen LogP contribution in [0.1, 0.15) is 12.8 Å². The number of aromatic nitrogens is 1. The number of anilines is 1. The lowest BCUT2D eigenvalue weighted by Gasteiger charge is -2.31. The van der Waals surface area contributed by atoms with E-state index in [2.05, 4.69) is 4.90 Å². The number of fused-ring (bicyclic) bond motifs is 1. The van der Waals surface area contributed by atoms with Gasteiger partial charge < -0.3 is 14.7 Å². The fourth-order valence-electron chi connectivity index (χ4n) is 2.63. The Hall–Kier alpha value is -1.04. The molecule has 2 aromatic rings. The van der Waals surface area contributed by atoms with Gasteiger partial charge in [-0.2, -0.15) is 0 Å². The van der Waals surface area contributed by atoms with Gasteiger partial charge in [-0.15, -0.1) is 0 Å². The molecule has 1 aromatic heterocycles. The molecule has 2 heterocycles. The van der Waals surface area contributed by atoms with Gasteiger partial charge in [0.25, 0.3) is 0 Å². The van der Waals surface area contributed by atoms with Crippen LogP contribution in [0.15, 0.2) is 12.1 Å². The second kappa shape index (κ2) is 5.76. The van der Waals surface area contributed by atoms with Crippen LogP contribution in [-0.4, -0.2) is 36.9 Å². The van der Waals surface area contributed by atoms with Gasteiger partial charge in [0.1, 0.15) is 11.3 Å². The van der Waals surface area contributed by atoms with Crippen molar-refractivity contribution in [1.82, 2.24) is 4.98 Å². The minimum absolute atomic E-state index is 0.242. The molecule has 0 spiro atoms. The lowest BCUT2D eigenvalue weighted by atomic mass is 10.00. The molecule has 0 radical (unpaired) electrons. The SMILES string of the molecule is COc1ccc(Cl)c2sc(N3CCCC(CO)C3)nc12. The lowest BCUT2D eigenvalue weighted by Crippen LogP contribution is -2.36. The highest BCUT2D eigenvalue weighted by molar-refractivity contribution is 7.22. The Balaban J connectivity index is 1.98. The summed E-state index contributed by atoms with van der Waals surface area (Å²) in [4.78, 5) is 6.93. The summed E-state index contributed by atoms with van der Waals surface area (Å²) < 4.78 is 6.32. The van der Waals surface area contributed by atoms with E-state index in [4.69, 9.17) is 21.3 Å². The van der Waals surface area contributed by atoms with Crippen LogP contribution in [0.3, 0.4) is 0 Å². The van der Waals surface area contributed by atoms with Crippen molar-refractivity contribution < 1.29 is 9.84 Å². The molecule has 0 saturated carbocycles. The predicted octanol–water partition coefficient (Wildman–Crippen LogP) is 3.17. The van der Waals surface area contributed by atoms with Crippen LogP contribution in [0.25, 0.3) is 10.2 Å². The number of thiazole rings is 1. The number of methoxy groups -OCH3 is 1. The number of benzene rings is 1. The van der Waals surface area contributed by atoms with Gasteiger partial charge in [-0.1, -0.05) is 22.9 Å². The van der Waals surface area contributed by atoms with E-state index in [9.17, 15) is 5.11 Å². The molecule has 3 rings (SSSR count). The van der Waals surface area contributed by atoms with Crippen LogP contribution in [-0.2, 0) is 0 Å². The predicted molar refractivity (Wildman–Crippen MR) is 83.2 cm³/mol. The van der Waals surface area contributed by atoms with Crippen molar-refractivity contribution in [3.8, 4) is 5.75 Å². The molecular weight excluding hydrogens is 296 g/mol. The molecule has 108 valence electrons. The smallest absolute Gasteiger partial charge is 0.186 e. The highest BCUT2D eigenvalue weighted by atomic mass is 35.5. The Bertz CT molecular complexity index is 616. The van der Waals surface area contributed by atoms with Gasteiger partial charge in [0.2, 0.25) is 0 Å². The van der Waals surface area contributed by atoms with E-state index in [-0.39, 0.29) is 6.61 Å². The lowest BCUT2D eigenvalue weighted by molar-refractivity contribution is 0.208. The number of nitrogens with zero attached hydrogens (tertiary/aromatic N) is 2. The molecule has 1 unspecified atom stereocenters. The fourth-order valence-corrected chi connectivity index (χ4v) is 3.92. The molecular formula is C14H17ClN2O2S. The van der Waals surface area contributed by atoms with Crippen LogP contribution in [0, 0.1) is 5.92 Å². The largest absolute Gasteiger partial charge is 0.494 e. The summed E-state index contributed by atoms with van der Waals surface area (Å²) in [6.45, 7) is 2.08. The molecule has 1 aliphatic heterocycles. The highest BCUT2D eigenvalue weighted by Gasteiger charge is 2.23. The maximum atomic E-state index is 9.34. The summed E-state index contributed by atoms with van der Waals surface area (Å²) in [7, 11) is 1.64. The number of hydrogen-bond donors (Lipinski definition) is 1. The van der Waals surface area contributed by atoms with Crippen molar-refractivity contribution >= 4 is 38.3 Å². The zero-order valence-corrected chi connectivity index (χ0v) is 12.9. The summed E-state index contributed by atoms with van der Waals surface area (Å²) in [6, 6.07) is 3.69.